The van der Waals surface area contributed by atoms with Crippen molar-refractivity contribution in [3.8, 4) is 0 Å². The van der Waals surface area contributed by atoms with Crippen LogP contribution in [-0.2, 0) is 4.74 Å². The van der Waals surface area contributed by atoms with Crippen molar-refractivity contribution in [3.05, 3.63) is 53.5 Å². The summed E-state index contributed by atoms with van der Waals surface area (Å²) in [5, 5.41) is 5.43. The Bertz CT molecular complexity index is 755. The fraction of sp³-hybridized carbons (Fsp3) is 0.333. The van der Waals surface area contributed by atoms with Gasteiger partial charge >= 0.3 is 0 Å². The van der Waals surface area contributed by atoms with Crippen molar-refractivity contribution in [1.29, 1.82) is 0 Å². The number of amides is 2. The zero-order valence-electron chi connectivity index (χ0n) is 14.0. The number of carbonyl (C=O) groups excluding carboxylic acids is 2. The Hall–Kier alpha value is -2.80. The lowest BCUT2D eigenvalue weighted by atomic mass is 10.1. The van der Waals surface area contributed by atoms with E-state index in [0.717, 1.165) is 25.0 Å². The molecule has 7 heteroatoms. The second-order valence-corrected chi connectivity index (χ2v) is 5.92. The highest BCUT2D eigenvalue weighted by molar-refractivity contribution is 6.07. The van der Waals surface area contributed by atoms with E-state index in [1.54, 1.807) is 12.1 Å². The third-order valence-electron chi connectivity index (χ3n) is 3.97. The number of anilines is 1. The molecule has 7 nitrogen and oxygen atoms in total. The van der Waals surface area contributed by atoms with Crippen LogP contribution < -0.4 is 10.6 Å². The Morgan fingerprint density at radius 3 is 2.64 bits per heavy atom. The zero-order chi connectivity index (χ0) is 17.6. The SMILES string of the molecule is Cc1ccc(C(=O)Nc2nccnc2C(=O)NCC2CCCO2)cc1. The smallest absolute Gasteiger partial charge is 0.273 e. The second-order valence-electron chi connectivity index (χ2n) is 5.92. The number of rotatable bonds is 5. The van der Waals surface area contributed by atoms with Gasteiger partial charge in [-0.15, -0.1) is 0 Å². The summed E-state index contributed by atoms with van der Waals surface area (Å²) >= 11 is 0. The van der Waals surface area contributed by atoms with Crippen LogP contribution in [0.5, 0.6) is 0 Å². The topological polar surface area (TPSA) is 93.2 Å². The Morgan fingerprint density at radius 2 is 1.92 bits per heavy atom. The Morgan fingerprint density at radius 1 is 1.16 bits per heavy atom. The number of aromatic nitrogens is 2. The fourth-order valence-electron chi connectivity index (χ4n) is 2.58. The quantitative estimate of drug-likeness (QED) is 0.868. The number of nitrogens with one attached hydrogen (secondary N) is 2. The molecule has 1 atom stereocenters. The molecule has 1 aliphatic rings. The first-order chi connectivity index (χ1) is 12.1. The number of aryl methyl sites for hydroxylation is 1. The Balaban J connectivity index is 1.68. The third-order valence-corrected chi connectivity index (χ3v) is 3.97. The minimum Gasteiger partial charge on any atom is -0.376 e. The number of ether oxygens (including phenoxy) is 1. The summed E-state index contributed by atoms with van der Waals surface area (Å²) in [6.45, 7) is 3.09. The van der Waals surface area contributed by atoms with Gasteiger partial charge in [0.05, 0.1) is 6.10 Å². The molecular weight excluding hydrogens is 320 g/mol. The van der Waals surface area contributed by atoms with Crippen molar-refractivity contribution < 1.29 is 14.3 Å². The van der Waals surface area contributed by atoms with E-state index >= 15 is 0 Å². The van der Waals surface area contributed by atoms with E-state index in [-0.39, 0.29) is 29.4 Å². The van der Waals surface area contributed by atoms with Gasteiger partial charge in [-0.2, -0.15) is 0 Å². The second kappa shape index (κ2) is 7.85. The first-order valence-electron chi connectivity index (χ1n) is 8.22. The third kappa shape index (κ3) is 4.39. The summed E-state index contributed by atoms with van der Waals surface area (Å²) in [5.74, 6) is -0.589. The predicted octanol–water partition coefficient (Wildman–Crippen LogP) is 1.95. The molecular formula is C18H20N4O3. The van der Waals surface area contributed by atoms with E-state index in [4.69, 9.17) is 4.74 Å². The zero-order valence-corrected chi connectivity index (χ0v) is 14.0. The lowest BCUT2D eigenvalue weighted by molar-refractivity contribution is 0.0854. The van der Waals surface area contributed by atoms with Crippen molar-refractivity contribution >= 4 is 17.6 Å². The molecule has 1 saturated heterocycles. The standard InChI is InChI=1S/C18H20N4O3/c1-12-4-6-13(7-5-12)17(23)22-16-15(19-8-9-20-16)18(24)21-11-14-3-2-10-25-14/h4-9,14H,2-3,10-11H2,1H3,(H,21,24)(H,20,22,23). The van der Waals surface area contributed by atoms with E-state index in [0.29, 0.717) is 12.1 Å². The lowest BCUT2D eigenvalue weighted by Gasteiger charge is -2.12. The molecule has 1 fully saturated rings. The van der Waals surface area contributed by atoms with Gasteiger partial charge in [-0.25, -0.2) is 9.97 Å². The highest BCUT2D eigenvalue weighted by Crippen LogP contribution is 2.13. The first-order valence-corrected chi connectivity index (χ1v) is 8.22. The van der Waals surface area contributed by atoms with Crippen molar-refractivity contribution in [2.24, 2.45) is 0 Å². The maximum atomic E-state index is 12.4. The summed E-state index contributed by atoms with van der Waals surface area (Å²) in [6.07, 6.45) is 4.82. The van der Waals surface area contributed by atoms with Crippen LogP contribution in [0.4, 0.5) is 5.82 Å². The summed E-state index contributed by atoms with van der Waals surface area (Å²) in [7, 11) is 0. The highest BCUT2D eigenvalue weighted by Gasteiger charge is 2.20. The molecule has 130 valence electrons. The van der Waals surface area contributed by atoms with Crippen LogP contribution in [0.15, 0.2) is 36.7 Å². The van der Waals surface area contributed by atoms with E-state index in [1.807, 2.05) is 19.1 Å². The number of hydrogen-bond acceptors (Lipinski definition) is 5. The van der Waals surface area contributed by atoms with E-state index in [2.05, 4.69) is 20.6 Å². The molecule has 1 aromatic carbocycles. The monoisotopic (exact) mass is 340 g/mol. The molecule has 2 aromatic rings. The molecule has 0 saturated carbocycles. The minimum absolute atomic E-state index is 0.0335. The Kier molecular flexibility index (Phi) is 5.35. The van der Waals surface area contributed by atoms with Crippen LogP contribution in [0, 0.1) is 6.92 Å². The van der Waals surface area contributed by atoms with Crippen LogP contribution >= 0.6 is 0 Å². The average Bonchev–Trinajstić information content (AvgIpc) is 3.14. The maximum Gasteiger partial charge on any atom is 0.273 e. The molecule has 0 bridgehead atoms. The number of carbonyl (C=O) groups is 2. The number of hydrogen-bond donors (Lipinski definition) is 2. The normalized spacial score (nSPS) is 16.4. The van der Waals surface area contributed by atoms with Gasteiger partial charge in [0.25, 0.3) is 11.8 Å². The molecule has 2 heterocycles. The van der Waals surface area contributed by atoms with Gasteiger partial charge in [0.2, 0.25) is 0 Å². The van der Waals surface area contributed by atoms with Gasteiger partial charge < -0.3 is 15.4 Å². The lowest BCUT2D eigenvalue weighted by Crippen LogP contribution is -2.33. The summed E-state index contributed by atoms with van der Waals surface area (Å²) < 4.78 is 5.48. The van der Waals surface area contributed by atoms with E-state index < -0.39 is 0 Å². The fourth-order valence-corrected chi connectivity index (χ4v) is 2.58. The maximum absolute atomic E-state index is 12.4. The van der Waals surface area contributed by atoms with Gasteiger partial charge in [-0.05, 0) is 31.9 Å². The first kappa shape index (κ1) is 17.0. The van der Waals surface area contributed by atoms with Gasteiger partial charge in [0, 0.05) is 31.1 Å². The molecule has 25 heavy (non-hydrogen) atoms. The van der Waals surface area contributed by atoms with Crippen LogP contribution in [0.1, 0.15) is 39.3 Å². The molecule has 2 N–H and O–H groups in total. The number of benzene rings is 1. The van der Waals surface area contributed by atoms with Gasteiger partial charge in [-0.1, -0.05) is 17.7 Å². The van der Waals surface area contributed by atoms with Crippen LogP contribution in [0.2, 0.25) is 0 Å². The Labute approximate surface area is 145 Å². The highest BCUT2D eigenvalue weighted by atomic mass is 16.5. The molecule has 1 unspecified atom stereocenters. The van der Waals surface area contributed by atoms with Crippen LogP contribution in [-0.4, -0.2) is 41.0 Å². The van der Waals surface area contributed by atoms with E-state index in [9.17, 15) is 9.59 Å². The van der Waals surface area contributed by atoms with Crippen LogP contribution in [0.3, 0.4) is 0 Å². The van der Waals surface area contributed by atoms with Crippen molar-refractivity contribution in [3.63, 3.8) is 0 Å². The summed E-state index contributed by atoms with van der Waals surface area (Å²) in [6, 6.07) is 7.14. The number of nitrogens with zero attached hydrogens (tertiary/aromatic N) is 2. The molecule has 0 spiro atoms. The van der Waals surface area contributed by atoms with E-state index in [1.165, 1.54) is 12.4 Å². The van der Waals surface area contributed by atoms with Crippen molar-refractivity contribution in [2.45, 2.75) is 25.9 Å². The van der Waals surface area contributed by atoms with Crippen molar-refractivity contribution in [2.75, 3.05) is 18.5 Å². The molecule has 1 aromatic heterocycles. The van der Waals surface area contributed by atoms with Crippen LogP contribution in [0.25, 0.3) is 0 Å². The minimum atomic E-state index is -0.386. The molecule has 3 rings (SSSR count). The summed E-state index contributed by atoms with van der Waals surface area (Å²) in [5.41, 5.74) is 1.63. The largest absolute Gasteiger partial charge is 0.376 e. The summed E-state index contributed by atoms with van der Waals surface area (Å²) in [4.78, 5) is 32.8. The van der Waals surface area contributed by atoms with Crippen molar-refractivity contribution in [1.82, 2.24) is 15.3 Å². The molecule has 2 amide bonds. The van der Waals surface area contributed by atoms with Gasteiger partial charge in [0.1, 0.15) is 0 Å². The predicted molar refractivity (Wildman–Crippen MR) is 92.5 cm³/mol. The average molecular weight is 340 g/mol. The van der Waals surface area contributed by atoms with Gasteiger partial charge in [0.15, 0.2) is 11.5 Å². The molecule has 0 aliphatic carbocycles. The van der Waals surface area contributed by atoms with Gasteiger partial charge in [-0.3, -0.25) is 9.59 Å². The molecule has 1 aliphatic heterocycles. The molecule has 0 radical (unpaired) electrons.